The van der Waals surface area contributed by atoms with Gasteiger partial charge in [0.05, 0.1) is 6.20 Å². The molecule has 2 rings (SSSR count). The third-order valence-electron chi connectivity index (χ3n) is 1.30. The third-order valence-corrected chi connectivity index (χ3v) is 4.95. The minimum atomic E-state index is -3.63. The fourth-order valence-corrected chi connectivity index (χ4v) is 3.73. The van der Waals surface area contributed by atoms with Crippen molar-refractivity contribution in [2.45, 2.75) is 4.21 Å². The largest absolute Gasteiger partial charge is 0.274 e. The number of nitrogens with zero attached hydrogens (tertiary/aromatic N) is 3. The normalized spacial score (nSPS) is 11.5. The number of thiazole rings is 1. The summed E-state index contributed by atoms with van der Waals surface area (Å²) < 4.78 is 25.8. The number of hydrogen-bond donors (Lipinski definition) is 1. The van der Waals surface area contributed by atoms with E-state index >= 15 is 0 Å². The molecule has 0 bridgehead atoms. The molecule has 0 spiro atoms. The maximum absolute atomic E-state index is 11.7. The standard InChI is InChI=1S/C5H3ClN4O2S3/c6-4-7-1-3(14-4)15(11,12)10-5-9-8-2-13-5/h1-2H,(H,9,10). The second kappa shape index (κ2) is 4.00. The van der Waals surface area contributed by atoms with Gasteiger partial charge in [0.2, 0.25) is 5.13 Å². The molecule has 0 aliphatic heterocycles. The highest BCUT2D eigenvalue weighted by Crippen LogP contribution is 2.24. The van der Waals surface area contributed by atoms with E-state index in [4.69, 9.17) is 11.6 Å². The highest BCUT2D eigenvalue weighted by atomic mass is 35.5. The molecule has 6 nitrogen and oxygen atoms in total. The molecule has 2 aromatic heterocycles. The molecule has 15 heavy (non-hydrogen) atoms. The van der Waals surface area contributed by atoms with Crippen LogP contribution in [0.1, 0.15) is 0 Å². The minimum absolute atomic E-state index is 0.0442. The predicted molar refractivity (Wildman–Crippen MR) is 57.8 cm³/mol. The third kappa shape index (κ3) is 2.43. The highest BCUT2D eigenvalue weighted by molar-refractivity contribution is 7.94. The first-order valence-corrected chi connectivity index (χ1v) is 7.04. The van der Waals surface area contributed by atoms with Gasteiger partial charge in [-0.3, -0.25) is 4.72 Å². The second-order valence-corrected chi connectivity index (χ2v) is 6.64. The van der Waals surface area contributed by atoms with Crippen LogP contribution in [0, 0.1) is 0 Å². The Morgan fingerprint density at radius 2 is 2.27 bits per heavy atom. The summed E-state index contributed by atoms with van der Waals surface area (Å²) in [4.78, 5) is 3.64. The number of aromatic nitrogens is 3. The fraction of sp³-hybridized carbons (Fsp3) is 0. The molecule has 80 valence electrons. The van der Waals surface area contributed by atoms with Gasteiger partial charge in [-0.2, -0.15) is 0 Å². The summed E-state index contributed by atoms with van der Waals surface area (Å²) in [5.41, 5.74) is 1.43. The molecule has 0 unspecified atom stereocenters. The van der Waals surface area contributed by atoms with E-state index in [-0.39, 0.29) is 13.8 Å². The van der Waals surface area contributed by atoms with Gasteiger partial charge < -0.3 is 0 Å². The lowest BCUT2D eigenvalue weighted by Gasteiger charge is -1.99. The number of hydrogen-bond acceptors (Lipinski definition) is 7. The Morgan fingerprint density at radius 3 is 2.80 bits per heavy atom. The van der Waals surface area contributed by atoms with Crippen molar-refractivity contribution < 1.29 is 8.42 Å². The second-order valence-electron chi connectivity index (χ2n) is 2.28. The Bertz CT molecular complexity index is 549. The van der Waals surface area contributed by atoms with Gasteiger partial charge in [0, 0.05) is 0 Å². The van der Waals surface area contributed by atoms with Crippen molar-refractivity contribution in [1.82, 2.24) is 15.2 Å². The molecule has 0 saturated carbocycles. The van der Waals surface area contributed by atoms with E-state index in [0.717, 1.165) is 22.7 Å². The average molecular weight is 283 g/mol. The molecule has 1 N–H and O–H groups in total. The van der Waals surface area contributed by atoms with Crippen LogP contribution >= 0.6 is 34.3 Å². The monoisotopic (exact) mass is 282 g/mol. The lowest BCUT2D eigenvalue weighted by atomic mass is 11.0. The van der Waals surface area contributed by atoms with Crippen LogP contribution in [0.3, 0.4) is 0 Å². The van der Waals surface area contributed by atoms with Crippen LogP contribution in [0.5, 0.6) is 0 Å². The van der Waals surface area contributed by atoms with E-state index in [9.17, 15) is 8.42 Å². The first kappa shape index (κ1) is 10.7. The lowest BCUT2D eigenvalue weighted by Crippen LogP contribution is -2.11. The van der Waals surface area contributed by atoms with Crippen LogP contribution in [0.25, 0.3) is 0 Å². The van der Waals surface area contributed by atoms with Gasteiger partial charge in [0.1, 0.15) is 5.51 Å². The van der Waals surface area contributed by atoms with E-state index in [0.29, 0.717) is 0 Å². The summed E-state index contributed by atoms with van der Waals surface area (Å²) in [5, 5.41) is 7.28. The van der Waals surface area contributed by atoms with E-state index in [1.807, 2.05) is 0 Å². The van der Waals surface area contributed by atoms with Gasteiger partial charge >= 0.3 is 0 Å². The molecule has 0 radical (unpaired) electrons. The zero-order valence-electron chi connectivity index (χ0n) is 6.92. The molecule has 10 heteroatoms. The van der Waals surface area contributed by atoms with E-state index in [1.54, 1.807) is 0 Å². The van der Waals surface area contributed by atoms with Gasteiger partial charge in [-0.1, -0.05) is 34.3 Å². The topological polar surface area (TPSA) is 84.8 Å². The van der Waals surface area contributed by atoms with Crippen molar-refractivity contribution in [2.75, 3.05) is 4.72 Å². The van der Waals surface area contributed by atoms with Crippen molar-refractivity contribution in [1.29, 1.82) is 0 Å². The van der Waals surface area contributed by atoms with Crippen molar-refractivity contribution in [2.24, 2.45) is 0 Å². The number of sulfonamides is 1. The van der Waals surface area contributed by atoms with Gasteiger partial charge in [0.25, 0.3) is 10.0 Å². The van der Waals surface area contributed by atoms with Crippen LogP contribution in [0.2, 0.25) is 4.47 Å². The van der Waals surface area contributed by atoms with Crippen LogP contribution in [0.15, 0.2) is 15.9 Å². The first-order valence-electron chi connectivity index (χ1n) is 3.48. The molecule has 0 amide bonds. The van der Waals surface area contributed by atoms with E-state index in [1.165, 1.54) is 11.7 Å². The van der Waals surface area contributed by atoms with E-state index in [2.05, 4.69) is 19.9 Å². The maximum atomic E-state index is 11.7. The summed E-state index contributed by atoms with van der Waals surface area (Å²) in [6, 6.07) is 0. The summed E-state index contributed by atoms with van der Waals surface area (Å²) in [5.74, 6) is 0. The van der Waals surface area contributed by atoms with Crippen molar-refractivity contribution in [3.05, 3.63) is 16.2 Å². The molecule has 0 atom stereocenters. The molecule has 0 saturated heterocycles. The predicted octanol–water partition coefficient (Wildman–Crippen LogP) is 1.45. The Hall–Kier alpha value is -0.770. The van der Waals surface area contributed by atoms with E-state index < -0.39 is 10.0 Å². The Kier molecular flexibility index (Phi) is 2.87. The number of anilines is 1. The molecule has 0 fully saturated rings. The van der Waals surface area contributed by atoms with Gasteiger partial charge in [-0.15, -0.1) is 10.2 Å². The summed E-state index contributed by atoms with van der Waals surface area (Å²) in [6.07, 6.45) is 1.19. The quantitative estimate of drug-likeness (QED) is 0.921. The molecule has 0 aliphatic carbocycles. The summed E-state index contributed by atoms with van der Waals surface area (Å²) in [7, 11) is -3.63. The average Bonchev–Trinajstić information content (AvgIpc) is 2.75. The zero-order valence-corrected chi connectivity index (χ0v) is 10.1. The number of nitrogens with one attached hydrogen (secondary N) is 1. The van der Waals surface area contributed by atoms with Crippen molar-refractivity contribution >= 4 is 49.4 Å². The molecule has 0 aliphatic rings. The Labute approximate surface area is 98.0 Å². The summed E-state index contributed by atoms with van der Waals surface area (Å²) >= 11 is 7.50. The fourth-order valence-electron chi connectivity index (χ4n) is 0.746. The van der Waals surface area contributed by atoms with Crippen molar-refractivity contribution in [3.63, 3.8) is 0 Å². The molecular weight excluding hydrogens is 280 g/mol. The van der Waals surface area contributed by atoms with Crippen LogP contribution in [-0.4, -0.2) is 23.6 Å². The van der Waals surface area contributed by atoms with Gasteiger partial charge in [-0.05, 0) is 0 Å². The van der Waals surface area contributed by atoms with Crippen molar-refractivity contribution in [3.8, 4) is 0 Å². The van der Waals surface area contributed by atoms with Gasteiger partial charge in [-0.25, -0.2) is 13.4 Å². The first-order chi connectivity index (χ1) is 7.08. The molecule has 2 aromatic rings. The molecular formula is C5H3ClN4O2S3. The molecule has 2 heterocycles. The maximum Gasteiger partial charge on any atom is 0.274 e. The van der Waals surface area contributed by atoms with Crippen LogP contribution in [0.4, 0.5) is 5.13 Å². The minimum Gasteiger partial charge on any atom is -0.252 e. The van der Waals surface area contributed by atoms with Crippen LogP contribution < -0.4 is 4.72 Å². The summed E-state index contributed by atoms with van der Waals surface area (Å²) in [6.45, 7) is 0. The zero-order chi connectivity index (χ0) is 10.9. The van der Waals surface area contributed by atoms with Gasteiger partial charge in [0.15, 0.2) is 8.68 Å². The smallest absolute Gasteiger partial charge is 0.252 e. The van der Waals surface area contributed by atoms with Crippen LogP contribution in [-0.2, 0) is 10.0 Å². The Balaban J connectivity index is 2.28. The lowest BCUT2D eigenvalue weighted by molar-refractivity contribution is 0.603. The highest BCUT2D eigenvalue weighted by Gasteiger charge is 2.18. The molecule has 0 aromatic carbocycles. The SMILES string of the molecule is O=S(=O)(Nc1nncs1)c1cnc(Cl)s1. The Morgan fingerprint density at radius 1 is 1.47 bits per heavy atom. The number of rotatable bonds is 3. The number of halogens is 1.